The summed E-state index contributed by atoms with van der Waals surface area (Å²) in [5, 5.41) is 31.2. The lowest BCUT2D eigenvalue weighted by atomic mass is 9.94. The summed E-state index contributed by atoms with van der Waals surface area (Å²) in [5.74, 6) is 0.775. The van der Waals surface area contributed by atoms with Gasteiger partial charge in [0.05, 0.1) is 12.9 Å². The molecule has 0 amide bonds. The van der Waals surface area contributed by atoms with Gasteiger partial charge in [0, 0.05) is 11.5 Å². The van der Waals surface area contributed by atoms with Crippen molar-refractivity contribution >= 4 is 17.0 Å². The van der Waals surface area contributed by atoms with Gasteiger partial charge in [0.2, 0.25) is 5.72 Å². The standard InChI is InChI=1S/C19H23N5O4/c1-10(2)17-22-16(20)13-18(23-17)24(9-21-13)19(11-6-4-3-5-7-11)15(27)14(26)12(8-25)28-19/h3-7,9-10,12,14-15,25-27H,8H2,1-2H3,(H2,20,22,23)/t12-,14-,15-,19-/m1/s1. The number of hydrogen-bond donors (Lipinski definition) is 4. The summed E-state index contributed by atoms with van der Waals surface area (Å²) in [6, 6.07) is 8.98. The van der Waals surface area contributed by atoms with E-state index in [0.717, 1.165) is 0 Å². The number of aliphatic hydroxyl groups is 3. The van der Waals surface area contributed by atoms with E-state index in [1.54, 1.807) is 28.8 Å². The van der Waals surface area contributed by atoms with Gasteiger partial charge in [-0.3, -0.25) is 4.57 Å². The molecule has 0 aliphatic carbocycles. The van der Waals surface area contributed by atoms with Gasteiger partial charge >= 0.3 is 0 Å². The Labute approximate surface area is 161 Å². The zero-order valence-corrected chi connectivity index (χ0v) is 15.6. The molecule has 0 saturated carbocycles. The summed E-state index contributed by atoms with van der Waals surface area (Å²) in [6.07, 6.45) is -2.19. The molecule has 9 nitrogen and oxygen atoms in total. The lowest BCUT2D eigenvalue weighted by Crippen LogP contribution is -2.46. The van der Waals surface area contributed by atoms with Crippen LogP contribution in [0.15, 0.2) is 36.7 Å². The van der Waals surface area contributed by atoms with Gasteiger partial charge in [-0.15, -0.1) is 0 Å². The quantitative estimate of drug-likeness (QED) is 0.504. The van der Waals surface area contributed by atoms with Crippen molar-refractivity contribution in [3.63, 3.8) is 0 Å². The van der Waals surface area contributed by atoms with Crippen LogP contribution in [0.1, 0.15) is 31.2 Å². The minimum atomic E-state index is -1.53. The van der Waals surface area contributed by atoms with Crippen molar-refractivity contribution in [1.29, 1.82) is 0 Å². The number of nitrogen functional groups attached to an aromatic ring is 1. The van der Waals surface area contributed by atoms with E-state index in [1.165, 1.54) is 6.33 Å². The molecule has 0 bridgehead atoms. The van der Waals surface area contributed by atoms with Crippen LogP contribution in [-0.4, -0.2) is 59.8 Å². The van der Waals surface area contributed by atoms with E-state index in [0.29, 0.717) is 22.6 Å². The van der Waals surface area contributed by atoms with Crippen LogP contribution in [0.3, 0.4) is 0 Å². The van der Waals surface area contributed by atoms with E-state index in [-0.39, 0.29) is 11.7 Å². The third-order valence-electron chi connectivity index (χ3n) is 5.12. The van der Waals surface area contributed by atoms with Gasteiger partial charge in [-0.2, -0.15) is 0 Å². The smallest absolute Gasteiger partial charge is 0.203 e. The van der Waals surface area contributed by atoms with Crippen LogP contribution in [0.4, 0.5) is 5.82 Å². The van der Waals surface area contributed by atoms with Crippen LogP contribution in [0.25, 0.3) is 11.2 Å². The van der Waals surface area contributed by atoms with Gasteiger partial charge in [0.15, 0.2) is 11.5 Å². The number of nitrogens with two attached hydrogens (primary N) is 1. The highest BCUT2D eigenvalue weighted by Gasteiger charge is 2.57. The molecule has 3 aromatic rings. The van der Waals surface area contributed by atoms with Crippen molar-refractivity contribution in [1.82, 2.24) is 19.5 Å². The minimum Gasteiger partial charge on any atom is -0.394 e. The Kier molecular flexibility index (Phi) is 4.54. The Hall–Kier alpha value is -2.59. The van der Waals surface area contributed by atoms with Crippen LogP contribution < -0.4 is 5.73 Å². The first-order valence-electron chi connectivity index (χ1n) is 9.11. The Morgan fingerprint density at radius 2 is 1.93 bits per heavy atom. The SMILES string of the molecule is CC(C)c1nc(N)c2ncn([C@]3(c4ccccc4)O[C@H](CO)[C@@H](O)[C@H]3O)c2n1. The van der Waals surface area contributed by atoms with Gasteiger partial charge in [0.1, 0.15) is 29.7 Å². The van der Waals surface area contributed by atoms with E-state index in [2.05, 4.69) is 15.0 Å². The molecule has 1 aliphatic heterocycles. The topological polar surface area (TPSA) is 140 Å². The zero-order valence-electron chi connectivity index (χ0n) is 15.6. The molecule has 1 saturated heterocycles. The van der Waals surface area contributed by atoms with Gasteiger partial charge < -0.3 is 25.8 Å². The number of hydrogen-bond acceptors (Lipinski definition) is 8. The first-order valence-corrected chi connectivity index (χ1v) is 9.11. The van der Waals surface area contributed by atoms with Gasteiger partial charge in [-0.25, -0.2) is 15.0 Å². The summed E-state index contributed by atoms with van der Waals surface area (Å²) >= 11 is 0. The van der Waals surface area contributed by atoms with Crippen molar-refractivity contribution in [2.24, 2.45) is 0 Å². The number of imidazole rings is 1. The maximum absolute atomic E-state index is 11.0. The van der Waals surface area contributed by atoms with Gasteiger partial charge in [-0.05, 0) is 0 Å². The number of rotatable bonds is 4. The number of benzene rings is 1. The zero-order chi connectivity index (χ0) is 20.1. The van der Waals surface area contributed by atoms with E-state index < -0.39 is 30.6 Å². The summed E-state index contributed by atoms with van der Waals surface area (Å²) in [5.41, 5.74) is 5.89. The normalized spacial score (nSPS) is 27.7. The Balaban J connectivity index is 2.02. The molecule has 0 spiro atoms. The van der Waals surface area contributed by atoms with Crippen LogP contribution in [0.5, 0.6) is 0 Å². The molecule has 1 aliphatic rings. The third kappa shape index (κ3) is 2.59. The number of ether oxygens (including phenoxy) is 1. The minimum absolute atomic E-state index is 0.0212. The highest BCUT2D eigenvalue weighted by atomic mass is 16.6. The van der Waals surface area contributed by atoms with Gasteiger partial charge in [-0.1, -0.05) is 44.2 Å². The van der Waals surface area contributed by atoms with Crippen LogP contribution in [-0.2, 0) is 10.5 Å². The lowest BCUT2D eigenvalue weighted by molar-refractivity contribution is -0.115. The Morgan fingerprint density at radius 3 is 2.54 bits per heavy atom. The Bertz CT molecular complexity index is 993. The molecule has 4 atom stereocenters. The fraction of sp³-hybridized carbons (Fsp3) is 0.421. The maximum atomic E-state index is 11.0. The largest absolute Gasteiger partial charge is 0.394 e. The molecule has 2 aromatic heterocycles. The third-order valence-corrected chi connectivity index (χ3v) is 5.12. The molecule has 1 fully saturated rings. The predicted octanol–water partition coefficient (Wildman–Crippen LogP) is 0.346. The molecule has 0 radical (unpaired) electrons. The average molecular weight is 385 g/mol. The second-order valence-corrected chi connectivity index (χ2v) is 7.25. The summed E-state index contributed by atoms with van der Waals surface area (Å²) in [4.78, 5) is 13.2. The highest BCUT2D eigenvalue weighted by Crippen LogP contribution is 2.42. The predicted molar refractivity (Wildman–Crippen MR) is 101 cm³/mol. The molecular formula is C19H23N5O4. The molecular weight excluding hydrogens is 362 g/mol. The molecule has 1 aromatic carbocycles. The van der Waals surface area contributed by atoms with E-state index in [4.69, 9.17) is 10.5 Å². The number of aliphatic hydroxyl groups excluding tert-OH is 3. The van der Waals surface area contributed by atoms with Crippen molar-refractivity contribution < 1.29 is 20.1 Å². The molecule has 9 heteroatoms. The summed E-state index contributed by atoms with van der Waals surface area (Å²) in [7, 11) is 0. The average Bonchev–Trinajstić information content (AvgIpc) is 3.23. The first kappa shape index (κ1) is 18.8. The number of anilines is 1. The van der Waals surface area contributed by atoms with E-state index >= 15 is 0 Å². The monoisotopic (exact) mass is 385 g/mol. The molecule has 28 heavy (non-hydrogen) atoms. The molecule has 148 valence electrons. The number of fused-ring (bicyclic) bond motifs is 1. The van der Waals surface area contributed by atoms with Crippen molar-refractivity contribution in [3.05, 3.63) is 48.0 Å². The van der Waals surface area contributed by atoms with Crippen LogP contribution in [0.2, 0.25) is 0 Å². The van der Waals surface area contributed by atoms with E-state index in [9.17, 15) is 15.3 Å². The van der Waals surface area contributed by atoms with Crippen molar-refractivity contribution in [3.8, 4) is 0 Å². The second-order valence-electron chi connectivity index (χ2n) is 7.25. The highest BCUT2D eigenvalue weighted by molar-refractivity contribution is 5.82. The molecule has 3 heterocycles. The van der Waals surface area contributed by atoms with Crippen LogP contribution in [0, 0.1) is 0 Å². The fourth-order valence-corrected chi connectivity index (χ4v) is 3.65. The molecule has 0 unspecified atom stereocenters. The molecule has 4 rings (SSSR count). The maximum Gasteiger partial charge on any atom is 0.203 e. The van der Waals surface area contributed by atoms with Crippen LogP contribution >= 0.6 is 0 Å². The second kappa shape index (κ2) is 6.78. The lowest BCUT2D eigenvalue weighted by Gasteiger charge is -2.34. The van der Waals surface area contributed by atoms with E-state index in [1.807, 2.05) is 19.9 Å². The summed E-state index contributed by atoms with van der Waals surface area (Å²) in [6.45, 7) is 3.44. The number of nitrogens with zero attached hydrogens (tertiary/aromatic N) is 4. The molecule has 5 N–H and O–H groups in total. The summed E-state index contributed by atoms with van der Waals surface area (Å²) < 4.78 is 7.63. The van der Waals surface area contributed by atoms with Gasteiger partial charge in [0.25, 0.3) is 0 Å². The number of aromatic nitrogens is 4. The fourth-order valence-electron chi connectivity index (χ4n) is 3.65. The Morgan fingerprint density at radius 1 is 1.21 bits per heavy atom. The first-order chi connectivity index (χ1) is 13.4. The van der Waals surface area contributed by atoms with Crippen molar-refractivity contribution in [2.45, 2.75) is 43.8 Å². The van der Waals surface area contributed by atoms with Crippen molar-refractivity contribution in [2.75, 3.05) is 12.3 Å².